The fourth-order valence-electron chi connectivity index (χ4n) is 1.95. The van der Waals surface area contributed by atoms with E-state index in [9.17, 15) is 14.1 Å². The Morgan fingerprint density at radius 2 is 1.53 bits per heavy atom. The zero-order valence-corrected chi connectivity index (χ0v) is 11.8. The minimum absolute atomic E-state index is 0.931. The molecule has 1 fully saturated rings. The van der Waals surface area contributed by atoms with Crippen molar-refractivity contribution in [2.24, 2.45) is 0 Å². The normalized spacial score (nSPS) is 18.7. The third kappa shape index (κ3) is 9.84. The number of hydrogen-bond donors (Lipinski definition) is 0. The summed E-state index contributed by atoms with van der Waals surface area (Å²) in [6, 6.07) is 0. The quantitative estimate of drug-likeness (QED) is 0.324. The lowest BCUT2D eigenvalue weighted by molar-refractivity contribution is -0.933. The average molecular weight is 275 g/mol. The first-order chi connectivity index (χ1) is 7.83. The van der Waals surface area contributed by atoms with Crippen LogP contribution in [0.4, 0.5) is 14.1 Å². The first-order valence-corrected chi connectivity index (χ1v) is 7.88. The molecule has 0 saturated carbocycles. The molecule has 0 N–H and O–H groups in total. The van der Waals surface area contributed by atoms with Crippen molar-refractivity contribution in [3.63, 3.8) is 0 Å². The van der Waals surface area contributed by atoms with Gasteiger partial charge in [0.25, 0.3) is 0 Å². The van der Waals surface area contributed by atoms with E-state index in [0.29, 0.717) is 0 Å². The molecule has 0 aliphatic carbocycles. The molecule has 1 heterocycles. The van der Waals surface area contributed by atoms with Gasteiger partial charge in [-0.05, 0) is 13.3 Å². The van der Waals surface area contributed by atoms with E-state index in [0.717, 1.165) is 19.8 Å². The number of likely N-dealkylation sites (tertiary alicyclic amines) is 1. The van der Waals surface area contributed by atoms with Crippen LogP contribution in [0.5, 0.6) is 0 Å². The third-order valence-corrected chi connectivity index (χ3v) is 2.90. The summed E-state index contributed by atoms with van der Waals surface area (Å²) >= 11 is -6.83. The monoisotopic (exact) mass is 275 g/mol. The van der Waals surface area contributed by atoms with Gasteiger partial charge in [-0.25, -0.2) is 0 Å². The first kappa shape index (κ1) is 17.2. The van der Waals surface area contributed by atoms with E-state index in [4.69, 9.17) is 4.74 Å². The van der Waals surface area contributed by atoms with Gasteiger partial charge in [0.15, 0.2) is 6.73 Å². The van der Waals surface area contributed by atoms with Crippen LogP contribution in [-0.2, 0) is 4.74 Å². The first-order valence-electron chi connectivity index (χ1n) is 6.13. The second-order valence-electron chi connectivity index (χ2n) is 4.34. The summed E-state index contributed by atoms with van der Waals surface area (Å²) in [5.74, 6) is 0. The average Bonchev–Trinajstić information content (AvgIpc) is 2.65. The van der Waals surface area contributed by atoms with Crippen molar-refractivity contribution in [2.45, 2.75) is 33.1 Å². The smallest absolute Gasteiger partial charge is 0.510 e. The van der Waals surface area contributed by atoms with Gasteiger partial charge in [0.1, 0.15) is 0 Å². The van der Waals surface area contributed by atoms with Crippen molar-refractivity contribution in [1.82, 2.24) is 0 Å². The molecule has 1 aliphatic heterocycles. The number of quaternary nitrogens is 1. The Morgan fingerprint density at radius 3 is 1.88 bits per heavy atom. The number of nitrogens with zero attached hydrogens (tertiary/aromatic N) is 1. The molecule has 1 aliphatic rings. The molecule has 0 amide bonds. The number of ether oxygens (including phenoxy) is 1. The van der Waals surface area contributed by atoms with Gasteiger partial charge in [0, 0.05) is 12.8 Å². The zero-order valence-electron chi connectivity index (χ0n) is 10.6. The molecule has 0 atom stereocenters. The van der Waals surface area contributed by atoms with E-state index >= 15 is 0 Å². The Morgan fingerprint density at radius 1 is 1.06 bits per heavy atom. The molecule has 0 radical (unpaired) electrons. The summed E-state index contributed by atoms with van der Waals surface area (Å²) in [5.41, 5.74) is 0. The highest BCUT2D eigenvalue weighted by Crippen LogP contribution is 2.18. The largest absolute Gasteiger partial charge is 1.04 e. The third-order valence-electron chi connectivity index (χ3n) is 2.90. The predicted molar refractivity (Wildman–Crippen MR) is 61.1 cm³/mol. The topological polar surface area (TPSA) is 9.23 Å². The van der Waals surface area contributed by atoms with Gasteiger partial charge in [-0.15, -0.1) is 0 Å². The highest BCUT2D eigenvalue weighted by molar-refractivity contribution is 6.50. The van der Waals surface area contributed by atoms with Gasteiger partial charge < -0.3 is 23.3 Å². The van der Waals surface area contributed by atoms with Gasteiger partial charge in [-0.2, -0.15) is 0 Å². The van der Waals surface area contributed by atoms with E-state index in [-0.39, 0.29) is 0 Å². The van der Waals surface area contributed by atoms with E-state index in [1.54, 1.807) is 0 Å². The highest BCUT2D eigenvalue weighted by Gasteiger charge is 2.41. The maximum atomic E-state index is 9.85. The van der Waals surface area contributed by atoms with Gasteiger partial charge in [0.2, 0.25) is 0 Å². The summed E-state index contributed by atoms with van der Waals surface area (Å²) < 4.78 is 46.3. The van der Waals surface area contributed by atoms with E-state index in [2.05, 4.69) is 13.8 Å². The Bertz CT molecular complexity index is 189. The molecule has 0 aromatic carbocycles. The molecule has 0 aromatic rings. The Labute approximate surface area is 105 Å². The number of hydrogen-bond acceptors (Lipinski definition) is 1. The van der Waals surface area contributed by atoms with Crippen molar-refractivity contribution >= 4 is 14.9 Å². The van der Waals surface area contributed by atoms with Crippen LogP contribution in [0.25, 0.3) is 0 Å². The van der Waals surface area contributed by atoms with Crippen LogP contribution < -0.4 is 0 Å². The molecule has 104 valence electrons. The Hall–Kier alpha value is 0.172. The van der Waals surface area contributed by atoms with Crippen LogP contribution in [0.3, 0.4) is 0 Å². The molecule has 7 heteroatoms. The Kier molecular flexibility index (Phi) is 8.39. The fourth-order valence-corrected chi connectivity index (χ4v) is 1.95. The second-order valence-corrected chi connectivity index (χ2v) is 5.33. The minimum Gasteiger partial charge on any atom is -0.510 e. The van der Waals surface area contributed by atoms with Crippen molar-refractivity contribution in [1.29, 1.82) is 0 Å². The van der Waals surface area contributed by atoms with Gasteiger partial charge in [-0.3, -0.25) is 0 Å². The molecule has 17 heavy (non-hydrogen) atoms. The van der Waals surface area contributed by atoms with E-state index < -0.39 is 14.9 Å². The van der Waals surface area contributed by atoms with E-state index in [1.165, 1.54) is 37.0 Å². The van der Waals surface area contributed by atoms with Crippen molar-refractivity contribution < 1.29 is 23.3 Å². The molecule has 0 spiro atoms. The Balaban J connectivity index is 0.000000437. The number of rotatable bonds is 5. The molecule has 1 saturated heterocycles. The van der Waals surface area contributed by atoms with Crippen LogP contribution >= 0.6 is 0 Å². The maximum absolute atomic E-state index is 9.85. The lowest BCUT2D eigenvalue weighted by Crippen LogP contribution is -2.46. The minimum atomic E-state index is -6.83. The highest BCUT2D eigenvalue weighted by atomic mass is 27.5. The predicted octanol–water partition coefficient (Wildman–Crippen LogP) is 3.30. The second kappa shape index (κ2) is 8.31. The van der Waals surface area contributed by atoms with E-state index in [1.807, 2.05) is 0 Å². The fraction of sp³-hybridized carbons (Fsp3) is 1.00. The summed E-state index contributed by atoms with van der Waals surface area (Å²) in [4.78, 5) is 0. The van der Waals surface area contributed by atoms with Crippen LogP contribution in [0.15, 0.2) is 0 Å². The molecule has 0 bridgehead atoms. The van der Waals surface area contributed by atoms with Gasteiger partial charge in [-0.1, -0.05) is 6.92 Å². The van der Waals surface area contributed by atoms with Crippen LogP contribution in [0.2, 0.25) is 0 Å². The summed E-state index contributed by atoms with van der Waals surface area (Å²) in [7, 11) is 0. The molecular weight excluding hydrogens is 253 g/mol. The van der Waals surface area contributed by atoms with Crippen molar-refractivity contribution in [2.75, 3.05) is 33.0 Å². The summed E-state index contributed by atoms with van der Waals surface area (Å²) in [5, 5.41) is 0. The zero-order chi connectivity index (χ0) is 13.4. The van der Waals surface area contributed by atoms with Crippen LogP contribution in [0, 0.1) is 0 Å². The summed E-state index contributed by atoms with van der Waals surface area (Å²) in [6.45, 7) is 10.2. The standard InChI is InChI=1S/C10H22NO.Al.4FH/c1-3-9-12-10-11(4-2)7-5-6-8-11;;;;;/h3-10H2,1-2H3;;4*1H/q+1;+3;;;;/p-4. The maximum Gasteiger partial charge on any atom is 1.04 e. The van der Waals surface area contributed by atoms with Gasteiger partial charge in [0.05, 0.1) is 26.2 Å². The molecular formula is C10H22AlF4NO. The molecule has 0 unspecified atom stereocenters. The van der Waals surface area contributed by atoms with Crippen LogP contribution in [0.1, 0.15) is 33.1 Å². The molecule has 0 aromatic heterocycles. The van der Waals surface area contributed by atoms with Crippen molar-refractivity contribution in [3.05, 3.63) is 0 Å². The van der Waals surface area contributed by atoms with Crippen molar-refractivity contribution in [3.8, 4) is 0 Å². The molecule has 1 rings (SSSR count). The molecule has 2 nitrogen and oxygen atoms in total. The van der Waals surface area contributed by atoms with Gasteiger partial charge >= 0.3 is 14.9 Å². The van der Waals surface area contributed by atoms with Crippen LogP contribution in [-0.4, -0.2) is 52.4 Å². The lowest BCUT2D eigenvalue weighted by atomic mass is 10.4. The summed E-state index contributed by atoms with van der Waals surface area (Å²) in [6.07, 6.45) is 3.93. The lowest BCUT2D eigenvalue weighted by Gasteiger charge is -2.32. The SMILES string of the molecule is CCCOC[N+]1(CC)CCCC1.[F][Al-]([F])([F])[F]. The number of halogens is 4.